The number of ether oxygens (including phenoxy) is 3. The maximum Gasteiger partial charge on any atom is 0.309 e. The van der Waals surface area contributed by atoms with Crippen LogP contribution in [0.5, 0.6) is 5.75 Å². The zero-order valence-electron chi connectivity index (χ0n) is 19.3. The molecule has 1 aliphatic carbocycles. The number of aliphatic hydroxyl groups is 1. The lowest BCUT2D eigenvalue weighted by Gasteiger charge is -2.45. The Bertz CT molecular complexity index is 728. The second-order valence-electron chi connectivity index (χ2n) is 8.73. The van der Waals surface area contributed by atoms with E-state index in [-0.39, 0.29) is 25.1 Å². The highest BCUT2D eigenvalue weighted by molar-refractivity contribution is 5.83. The standard InChI is InChI=1S/C24H37NO6/c1-6-29-22(25-28)21-20(19(23(26)30-7-2)12-14-24(21,5)27)17-8-10-18(11-9-17)31-15-13-16(3)4/h8-11,16,19-21,27-28H,6-7,12-15H2,1-5H3. The largest absolute Gasteiger partial charge is 0.494 e. The summed E-state index contributed by atoms with van der Waals surface area (Å²) in [4.78, 5) is 12.8. The third-order valence-electron chi connectivity index (χ3n) is 5.90. The van der Waals surface area contributed by atoms with Crippen molar-refractivity contribution >= 4 is 11.9 Å². The second-order valence-corrected chi connectivity index (χ2v) is 8.73. The molecule has 0 spiro atoms. The van der Waals surface area contributed by atoms with E-state index in [1.807, 2.05) is 24.3 Å². The van der Waals surface area contributed by atoms with Crippen molar-refractivity contribution in [2.45, 2.75) is 65.4 Å². The first-order chi connectivity index (χ1) is 14.7. The highest BCUT2D eigenvalue weighted by Gasteiger charge is 2.52. The number of nitrogens with zero attached hydrogens (tertiary/aromatic N) is 1. The summed E-state index contributed by atoms with van der Waals surface area (Å²) < 4.78 is 16.7. The quantitative estimate of drug-likeness (QED) is 0.197. The van der Waals surface area contributed by atoms with Crippen molar-refractivity contribution in [2.75, 3.05) is 19.8 Å². The molecule has 0 heterocycles. The summed E-state index contributed by atoms with van der Waals surface area (Å²) in [5.74, 6) is -0.641. The zero-order chi connectivity index (χ0) is 23.0. The van der Waals surface area contributed by atoms with Crippen LogP contribution in [0.1, 0.15) is 65.4 Å². The van der Waals surface area contributed by atoms with Gasteiger partial charge in [-0.3, -0.25) is 4.79 Å². The molecule has 0 radical (unpaired) electrons. The third-order valence-corrected chi connectivity index (χ3v) is 5.90. The van der Waals surface area contributed by atoms with Crippen molar-refractivity contribution < 1.29 is 29.3 Å². The van der Waals surface area contributed by atoms with Crippen molar-refractivity contribution in [3.8, 4) is 5.75 Å². The Balaban J connectivity index is 2.41. The Hall–Kier alpha value is -2.28. The van der Waals surface area contributed by atoms with Gasteiger partial charge < -0.3 is 24.5 Å². The topological polar surface area (TPSA) is 97.6 Å². The van der Waals surface area contributed by atoms with Crippen LogP contribution >= 0.6 is 0 Å². The highest BCUT2D eigenvalue weighted by Crippen LogP contribution is 2.48. The number of carbonyl (C=O) groups excluding carboxylic acids is 1. The molecule has 174 valence electrons. The van der Waals surface area contributed by atoms with Gasteiger partial charge >= 0.3 is 5.97 Å². The second kappa shape index (κ2) is 11.4. The van der Waals surface area contributed by atoms with Gasteiger partial charge in [0.25, 0.3) is 0 Å². The predicted octanol–water partition coefficient (Wildman–Crippen LogP) is 4.36. The van der Waals surface area contributed by atoms with Gasteiger partial charge in [0.2, 0.25) is 5.90 Å². The summed E-state index contributed by atoms with van der Waals surface area (Å²) in [6.07, 6.45) is 1.79. The number of benzene rings is 1. The zero-order valence-corrected chi connectivity index (χ0v) is 19.3. The minimum Gasteiger partial charge on any atom is -0.494 e. The molecule has 0 aromatic heterocycles. The summed E-state index contributed by atoms with van der Waals surface area (Å²) in [5, 5.41) is 24.2. The molecule has 0 amide bonds. The maximum atomic E-state index is 12.8. The maximum absolute atomic E-state index is 12.8. The molecule has 0 saturated heterocycles. The highest BCUT2D eigenvalue weighted by atomic mass is 16.5. The minimum atomic E-state index is -1.21. The van der Waals surface area contributed by atoms with Gasteiger partial charge in [0.1, 0.15) is 5.75 Å². The molecular formula is C24H37NO6. The summed E-state index contributed by atoms with van der Waals surface area (Å²) in [6, 6.07) is 7.54. The summed E-state index contributed by atoms with van der Waals surface area (Å²) in [6.45, 7) is 10.7. The van der Waals surface area contributed by atoms with Crippen LogP contribution in [-0.2, 0) is 14.3 Å². The van der Waals surface area contributed by atoms with Crippen molar-refractivity contribution in [1.29, 1.82) is 0 Å². The fourth-order valence-corrected chi connectivity index (χ4v) is 4.29. The van der Waals surface area contributed by atoms with Gasteiger partial charge in [-0.2, -0.15) is 0 Å². The van der Waals surface area contributed by atoms with E-state index >= 15 is 0 Å². The molecule has 1 aromatic rings. The van der Waals surface area contributed by atoms with Crippen molar-refractivity contribution in [2.24, 2.45) is 22.9 Å². The molecule has 2 rings (SSSR count). The number of hydrogen-bond acceptors (Lipinski definition) is 7. The fourth-order valence-electron chi connectivity index (χ4n) is 4.29. The van der Waals surface area contributed by atoms with Gasteiger partial charge in [0.15, 0.2) is 0 Å². The summed E-state index contributed by atoms with van der Waals surface area (Å²) >= 11 is 0. The number of hydrogen-bond donors (Lipinski definition) is 2. The van der Waals surface area contributed by atoms with Crippen LogP contribution in [-0.4, -0.2) is 47.6 Å². The van der Waals surface area contributed by atoms with Gasteiger partial charge in [-0.1, -0.05) is 31.1 Å². The van der Waals surface area contributed by atoms with Crippen LogP contribution in [0.3, 0.4) is 0 Å². The lowest BCUT2D eigenvalue weighted by atomic mass is 9.62. The molecule has 0 aliphatic heterocycles. The van der Waals surface area contributed by atoms with Crippen molar-refractivity contribution in [3.05, 3.63) is 29.8 Å². The summed E-state index contributed by atoms with van der Waals surface area (Å²) in [7, 11) is 0. The van der Waals surface area contributed by atoms with E-state index < -0.39 is 23.4 Å². The lowest BCUT2D eigenvalue weighted by Crippen LogP contribution is -2.51. The van der Waals surface area contributed by atoms with E-state index in [2.05, 4.69) is 19.0 Å². The smallest absolute Gasteiger partial charge is 0.309 e. The Morgan fingerprint density at radius 1 is 1.19 bits per heavy atom. The molecule has 1 fully saturated rings. The molecule has 1 aromatic carbocycles. The number of rotatable bonds is 9. The molecule has 7 nitrogen and oxygen atoms in total. The first kappa shape index (κ1) is 25.0. The van der Waals surface area contributed by atoms with E-state index in [1.165, 1.54) is 0 Å². The lowest BCUT2D eigenvalue weighted by molar-refractivity contribution is -0.153. The Labute approximate surface area is 185 Å². The molecule has 1 saturated carbocycles. The molecule has 4 unspecified atom stereocenters. The Morgan fingerprint density at radius 2 is 1.84 bits per heavy atom. The van der Waals surface area contributed by atoms with E-state index in [1.54, 1.807) is 20.8 Å². The van der Waals surface area contributed by atoms with Crippen molar-refractivity contribution in [3.63, 3.8) is 0 Å². The van der Waals surface area contributed by atoms with E-state index in [9.17, 15) is 15.1 Å². The van der Waals surface area contributed by atoms with Crippen LogP contribution in [0.25, 0.3) is 0 Å². The average molecular weight is 436 g/mol. The SMILES string of the molecule is CCOC(=O)C1CCC(C)(O)C(C(=NO)OCC)C1c1ccc(OCCC(C)C)cc1. The molecule has 4 atom stereocenters. The van der Waals surface area contributed by atoms with Crippen LogP contribution in [0, 0.1) is 17.8 Å². The molecule has 2 N–H and O–H groups in total. The number of carbonyl (C=O) groups is 1. The van der Waals surface area contributed by atoms with E-state index in [0.717, 1.165) is 17.7 Å². The average Bonchev–Trinajstić information content (AvgIpc) is 2.72. The first-order valence-corrected chi connectivity index (χ1v) is 11.2. The van der Waals surface area contributed by atoms with E-state index in [4.69, 9.17) is 14.2 Å². The van der Waals surface area contributed by atoms with Crippen LogP contribution in [0.4, 0.5) is 0 Å². The first-order valence-electron chi connectivity index (χ1n) is 11.2. The number of esters is 1. The Morgan fingerprint density at radius 3 is 2.39 bits per heavy atom. The van der Waals surface area contributed by atoms with Gasteiger partial charge in [-0.05, 0) is 63.6 Å². The number of oxime groups is 1. The monoisotopic (exact) mass is 435 g/mol. The third kappa shape index (κ3) is 6.35. The molecule has 1 aliphatic rings. The molecular weight excluding hydrogens is 398 g/mol. The van der Waals surface area contributed by atoms with Gasteiger partial charge in [-0.25, -0.2) is 0 Å². The summed E-state index contributed by atoms with van der Waals surface area (Å²) in [5.41, 5.74) is -0.378. The molecule has 31 heavy (non-hydrogen) atoms. The molecule has 0 bridgehead atoms. The minimum absolute atomic E-state index is 0.0313. The van der Waals surface area contributed by atoms with Crippen LogP contribution < -0.4 is 4.74 Å². The Kier molecular flexibility index (Phi) is 9.16. The van der Waals surface area contributed by atoms with Gasteiger partial charge in [0, 0.05) is 5.92 Å². The normalized spacial score (nSPS) is 26.5. The van der Waals surface area contributed by atoms with Gasteiger partial charge in [-0.15, -0.1) is 0 Å². The van der Waals surface area contributed by atoms with Gasteiger partial charge in [0.05, 0.1) is 37.3 Å². The van der Waals surface area contributed by atoms with Crippen molar-refractivity contribution in [1.82, 2.24) is 0 Å². The van der Waals surface area contributed by atoms with Crippen LogP contribution in [0.2, 0.25) is 0 Å². The molecule has 7 heteroatoms. The van der Waals surface area contributed by atoms with Crippen LogP contribution in [0.15, 0.2) is 29.4 Å². The predicted molar refractivity (Wildman–Crippen MR) is 118 cm³/mol. The fraction of sp³-hybridized carbons (Fsp3) is 0.667. The van der Waals surface area contributed by atoms with E-state index in [0.29, 0.717) is 25.4 Å².